The van der Waals surface area contributed by atoms with Gasteiger partial charge >= 0.3 is 0 Å². The molecule has 6 heteroatoms. The van der Waals surface area contributed by atoms with Crippen LogP contribution in [0.4, 0.5) is 0 Å². The summed E-state index contributed by atoms with van der Waals surface area (Å²) in [5.74, 6) is 0.823. The Morgan fingerprint density at radius 3 is 2.59 bits per heavy atom. The number of piperidine rings is 1. The van der Waals surface area contributed by atoms with Crippen molar-refractivity contribution in [3.8, 4) is 5.75 Å². The summed E-state index contributed by atoms with van der Waals surface area (Å²) < 4.78 is 5.76. The number of carbonyl (C=O) groups excluding carboxylic acids is 1. The predicted molar refractivity (Wildman–Crippen MR) is 105 cm³/mol. The van der Waals surface area contributed by atoms with Crippen molar-refractivity contribution in [2.24, 2.45) is 11.3 Å². The van der Waals surface area contributed by atoms with Gasteiger partial charge in [0.2, 0.25) is 5.91 Å². The number of ether oxygens (including phenoxy) is 1. The van der Waals surface area contributed by atoms with Gasteiger partial charge < -0.3 is 14.7 Å². The number of aromatic hydroxyl groups is 1. The molecule has 0 radical (unpaired) electrons. The highest BCUT2D eigenvalue weighted by Gasteiger charge is 2.59. The van der Waals surface area contributed by atoms with Gasteiger partial charge in [-0.1, -0.05) is 11.6 Å². The molecule has 1 aliphatic carbocycles. The van der Waals surface area contributed by atoms with Crippen LogP contribution in [0, 0.1) is 11.3 Å². The molecule has 1 aromatic rings. The van der Waals surface area contributed by atoms with Crippen LogP contribution in [-0.2, 0) is 16.1 Å². The number of hydrogen-bond donors (Lipinski definition) is 1. The minimum Gasteiger partial charge on any atom is -0.508 e. The maximum absolute atomic E-state index is 13.0. The van der Waals surface area contributed by atoms with Gasteiger partial charge in [0.05, 0.1) is 12.2 Å². The van der Waals surface area contributed by atoms with Gasteiger partial charge in [0.1, 0.15) is 5.75 Å². The number of likely N-dealkylation sites (tertiary alicyclic amines) is 1. The normalized spacial score (nSPS) is 30.5. The van der Waals surface area contributed by atoms with Crippen LogP contribution in [0.2, 0.25) is 5.02 Å². The quantitative estimate of drug-likeness (QED) is 0.857. The van der Waals surface area contributed by atoms with Crippen molar-refractivity contribution in [1.29, 1.82) is 0 Å². The van der Waals surface area contributed by atoms with Gasteiger partial charge in [-0.2, -0.15) is 0 Å². The Kier molecular flexibility index (Phi) is 5.12. The summed E-state index contributed by atoms with van der Waals surface area (Å²) in [6, 6.07) is 5.20. The number of morpholine rings is 1. The van der Waals surface area contributed by atoms with E-state index < -0.39 is 0 Å². The molecular weight excluding hydrogens is 364 g/mol. The molecule has 1 saturated carbocycles. The maximum atomic E-state index is 13.0. The molecule has 148 valence electrons. The Hall–Kier alpha value is -1.30. The summed E-state index contributed by atoms with van der Waals surface area (Å²) in [5, 5.41) is 10.7. The van der Waals surface area contributed by atoms with Crippen molar-refractivity contribution in [2.75, 3.05) is 26.2 Å². The van der Waals surface area contributed by atoms with Crippen molar-refractivity contribution in [1.82, 2.24) is 9.80 Å². The van der Waals surface area contributed by atoms with E-state index in [1.165, 1.54) is 0 Å². The van der Waals surface area contributed by atoms with E-state index in [2.05, 4.69) is 4.90 Å². The second-order valence-electron chi connectivity index (χ2n) is 8.67. The molecule has 1 unspecified atom stereocenters. The third kappa shape index (κ3) is 3.96. The Bertz CT molecular complexity index is 707. The van der Waals surface area contributed by atoms with E-state index in [1.807, 2.05) is 24.8 Å². The van der Waals surface area contributed by atoms with Crippen molar-refractivity contribution >= 4 is 17.5 Å². The van der Waals surface area contributed by atoms with E-state index in [0.717, 1.165) is 51.0 Å². The molecular formula is C21H29ClN2O3. The molecule has 4 rings (SSSR count). The van der Waals surface area contributed by atoms with Crippen LogP contribution in [0.25, 0.3) is 0 Å². The number of carbonyl (C=O) groups is 1. The lowest BCUT2D eigenvalue weighted by atomic mass is 9.90. The van der Waals surface area contributed by atoms with Crippen molar-refractivity contribution in [2.45, 2.75) is 51.9 Å². The number of halogens is 1. The standard InChI is InChI=1S/C21H29ClN2O3/c1-14-11-24(12-15(2)27-14)20(26)18-10-21(18)5-7-23(8-6-21)13-16-9-17(22)3-4-19(16)25/h3-4,9,14-15,18,25H,5-8,10-13H2,1-2H3/t14-,15+,18?. The summed E-state index contributed by atoms with van der Waals surface area (Å²) in [4.78, 5) is 17.4. The molecule has 3 aliphatic rings. The third-order valence-electron chi connectivity index (χ3n) is 6.51. The van der Waals surface area contributed by atoms with Crippen LogP contribution in [0.1, 0.15) is 38.7 Å². The molecule has 0 aromatic heterocycles. The van der Waals surface area contributed by atoms with E-state index in [1.54, 1.807) is 12.1 Å². The number of nitrogens with zero attached hydrogens (tertiary/aromatic N) is 2. The zero-order valence-electron chi connectivity index (χ0n) is 16.2. The molecule has 1 spiro atoms. The van der Waals surface area contributed by atoms with Gasteiger partial charge in [-0.25, -0.2) is 0 Å². The number of amides is 1. The van der Waals surface area contributed by atoms with Crippen LogP contribution >= 0.6 is 11.6 Å². The Morgan fingerprint density at radius 1 is 1.26 bits per heavy atom. The Morgan fingerprint density at radius 2 is 1.93 bits per heavy atom. The minimum absolute atomic E-state index is 0.125. The zero-order chi connectivity index (χ0) is 19.2. The van der Waals surface area contributed by atoms with Gasteiger partial charge in [0.25, 0.3) is 0 Å². The zero-order valence-corrected chi connectivity index (χ0v) is 16.9. The van der Waals surface area contributed by atoms with Crippen molar-refractivity contribution in [3.05, 3.63) is 28.8 Å². The highest BCUT2D eigenvalue weighted by Crippen LogP contribution is 2.60. The highest BCUT2D eigenvalue weighted by molar-refractivity contribution is 6.30. The fraction of sp³-hybridized carbons (Fsp3) is 0.667. The van der Waals surface area contributed by atoms with E-state index in [-0.39, 0.29) is 23.5 Å². The first-order valence-corrected chi connectivity index (χ1v) is 10.4. The number of phenols is 1. The third-order valence-corrected chi connectivity index (χ3v) is 6.74. The lowest BCUT2D eigenvalue weighted by molar-refractivity contribution is -0.145. The molecule has 1 N–H and O–H groups in total. The molecule has 2 aliphatic heterocycles. The summed E-state index contributed by atoms with van der Waals surface area (Å²) in [6.07, 6.45) is 3.39. The first-order valence-electron chi connectivity index (χ1n) is 10.0. The second kappa shape index (κ2) is 7.26. The number of phenolic OH excluding ortho intramolecular Hbond substituents is 1. The van der Waals surface area contributed by atoms with Crippen LogP contribution in [0.3, 0.4) is 0 Å². The average molecular weight is 393 g/mol. The smallest absolute Gasteiger partial charge is 0.226 e. The number of rotatable bonds is 3. The molecule has 1 aromatic carbocycles. The lowest BCUT2D eigenvalue weighted by Gasteiger charge is -2.37. The van der Waals surface area contributed by atoms with Crippen molar-refractivity contribution < 1.29 is 14.6 Å². The second-order valence-corrected chi connectivity index (χ2v) is 9.11. The largest absolute Gasteiger partial charge is 0.508 e. The summed E-state index contributed by atoms with van der Waals surface area (Å²) in [6.45, 7) is 8.16. The van der Waals surface area contributed by atoms with Gasteiger partial charge in [0, 0.05) is 36.1 Å². The van der Waals surface area contributed by atoms with Gasteiger partial charge in [0.15, 0.2) is 0 Å². The predicted octanol–water partition coefficient (Wildman–Crippen LogP) is 3.28. The first kappa shape index (κ1) is 19.0. The molecule has 2 saturated heterocycles. The number of benzene rings is 1. The van der Waals surface area contributed by atoms with E-state index >= 15 is 0 Å². The first-order chi connectivity index (χ1) is 12.9. The average Bonchev–Trinajstić information content (AvgIpc) is 3.32. The minimum atomic E-state index is 0.125. The molecule has 3 fully saturated rings. The Labute approximate surface area is 166 Å². The molecule has 0 bridgehead atoms. The van der Waals surface area contributed by atoms with E-state index in [0.29, 0.717) is 23.2 Å². The molecule has 3 atom stereocenters. The van der Waals surface area contributed by atoms with E-state index in [4.69, 9.17) is 16.3 Å². The van der Waals surface area contributed by atoms with Crippen LogP contribution < -0.4 is 0 Å². The topological polar surface area (TPSA) is 53.0 Å². The summed E-state index contributed by atoms with van der Waals surface area (Å²) >= 11 is 6.06. The fourth-order valence-corrected chi connectivity index (χ4v) is 5.10. The van der Waals surface area contributed by atoms with Gasteiger partial charge in [-0.05, 0) is 69.8 Å². The highest BCUT2D eigenvalue weighted by atomic mass is 35.5. The van der Waals surface area contributed by atoms with Crippen LogP contribution in [0.15, 0.2) is 18.2 Å². The Balaban J connectivity index is 1.32. The maximum Gasteiger partial charge on any atom is 0.226 e. The number of hydrogen-bond acceptors (Lipinski definition) is 4. The van der Waals surface area contributed by atoms with Gasteiger partial charge in [-0.15, -0.1) is 0 Å². The van der Waals surface area contributed by atoms with Crippen LogP contribution in [0.5, 0.6) is 5.75 Å². The van der Waals surface area contributed by atoms with Gasteiger partial charge in [-0.3, -0.25) is 9.69 Å². The monoisotopic (exact) mass is 392 g/mol. The van der Waals surface area contributed by atoms with Crippen molar-refractivity contribution in [3.63, 3.8) is 0 Å². The van der Waals surface area contributed by atoms with E-state index in [9.17, 15) is 9.90 Å². The summed E-state index contributed by atoms with van der Waals surface area (Å²) in [5.41, 5.74) is 1.08. The fourth-order valence-electron chi connectivity index (χ4n) is 4.91. The molecule has 2 heterocycles. The molecule has 5 nitrogen and oxygen atoms in total. The van der Waals surface area contributed by atoms with Crippen LogP contribution in [-0.4, -0.2) is 59.2 Å². The summed E-state index contributed by atoms with van der Waals surface area (Å²) in [7, 11) is 0. The SMILES string of the molecule is C[C@@H]1CN(C(=O)C2CC23CCN(Cc2cc(Cl)ccc2O)CC3)C[C@H](C)O1. The lowest BCUT2D eigenvalue weighted by Crippen LogP contribution is -2.49. The molecule has 1 amide bonds. The molecule has 27 heavy (non-hydrogen) atoms.